The average molecular weight is 304 g/mol. The van der Waals surface area contributed by atoms with E-state index < -0.39 is 27.9 Å². The van der Waals surface area contributed by atoms with Gasteiger partial charge in [-0.2, -0.15) is 8.42 Å². The summed E-state index contributed by atoms with van der Waals surface area (Å²) in [5, 5.41) is 0. The Morgan fingerprint density at radius 1 is 1.00 bits per heavy atom. The number of carbonyl (C=O) groups excluding carboxylic acids is 1. The topological polar surface area (TPSA) is 80.7 Å². The third kappa shape index (κ3) is 2.68. The smallest absolute Gasteiger partial charge is 0.324 e. The molecule has 0 radical (unpaired) electrons. The Balaban J connectivity index is 1.98. The minimum Gasteiger partial charge on any atom is -0.452 e. The van der Waals surface area contributed by atoms with Gasteiger partial charge in [0.25, 0.3) is 10.1 Å². The van der Waals surface area contributed by atoms with Crippen LogP contribution in [0.5, 0.6) is 0 Å². The molecule has 2 aromatic rings. The molecule has 108 valence electrons. The molecule has 0 amide bonds. The third-order valence-corrected chi connectivity index (χ3v) is 3.93. The SMILES string of the molecule is O=C(CS(=O)(=O)O)OC1c2ccccc2-c2ccccc21. The fourth-order valence-electron chi connectivity index (χ4n) is 2.55. The maximum Gasteiger partial charge on any atom is 0.324 e. The zero-order chi connectivity index (χ0) is 15.0. The Hall–Kier alpha value is -2.18. The predicted molar refractivity (Wildman–Crippen MR) is 76.2 cm³/mol. The van der Waals surface area contributed by atoms with E-state index in [9.17, 15) is 13.2 Å². The molecule has 0 spiro atoms. The Morgan fingerprint density at radius 2 is 1.48 bits per heavy atom. The number of hydrogen-bond acceptors (Lipinski definition) is 4. The van der Waals surface area contributed by atoms with Gasteiger partial charge in [0.2, 0.25) is 0 Å². The number of fused-ring (bicyclic) bond motifs is 3. The van der Waals surface area contributed by atoms with Crippen molar-refractivity contribution in [1.82, 2.24) is 0 Å². The number of benzene rings is 2. The molecule has 0 saturated heterocycles. The summed E-state index contributed by atoms with van der Waals surface area (Å²) in [5.41, 5.74) is 3.53. The summed E-state index contributed by atoms with van der Waals surface area (Å²) in [6.07, 6.45) is -0.647. The first-order valence-electron chi connectivity index (χ1n) is 6.28. The summed E-state index contributed by atoms with van der Waals surface area (Å²) in [4.78, 5) is 11.7. The fourth-order valence-corrected chi connectivity index (χ4v) is 2.92. The number of hydrogen-bond donors (Lipinski definition) is 1. The highest BCUT2D eigenvalue weighted by atomic mass is 32.2. The summed E-state index contributed by atoms with van der Waals surface area (Å²) in [7, 11) is -4.39. The number of ether oxygens (including phenoxy) is 1. The second kappa shape index (κ2) is 4.98. The Morgan fingerprint density at radius 3 is 1.95 bits per heavy atom. The fraction of sp³-hybridized carbons (Fsp3) is 0.133. The highest BCUT2D eigenvalue weighted by Crippen LogP contribution is 2.44. The molecule has 0 fully saturated rings. The van der Waals surface area contributed by atoms with E-state index in [1.165, 1.54) is 0 Å². The van der Waals surface area contributed by atoms with Crippen LogP contribution in [-0.2, 0) is 19.6 Å². The van der Waals surface area contributed by atoms with Crippen molar-refractivity contribution in [2.45, 2.75) is 6.10 Å². The monoisotopic (exact) mass is 304 g/mol. The Bertz CT molecular complexity index is 765. The lowest BCUT2D eigenvalue weighted by Gasteiger charge is -2.14. The third-order valence-electron chi connectivity index (χ3n) is 3.33. The van der Waals surface area contributed by atoms with Crippen molar-refractivity contribution in [2.24, 2.45) is 0 Å². The standard InChI is InChI=1S/C15H12O5S/c16-14(9-21(17,18)19)20-15-12-7-3-1-5-10(12)11-6-2-4-8-13(11)15/h1-8,15H,9H2,(H,17,18,19). The predicted octanol–water partition coefficient (Wildman–Crippen LogP) is 2.19. The van der Waals surface area contributed by atoms with Gasteiger partial charge in [-0.15, -0.1) is 0 Å². The number of rotatable bonds is 3. The van der Waals surface area contributed by atoms with E-state index in [0.717, 1.165) is 22.3 Å². The first kappa shape index (κ1) is 13.8. The van der Waals surface area contributed by atoms with Crippen molar-refractivity contribution in [1.29, 1.82) is 0 Å². The van der Waals surface area contributed by atoms with Gasteiger partial charge in [0.15, 0.2) is 11.9 Å². The van der Waals surface area contributed by atoms with Gasteiger partial charge in [0, 0.05) is 11.1 Å². The second-order valence-electron chi connectivity index (χ2n) is 4.77. The van der Waals surface area contributed by atoms with Crippen LogP contribution in [0.25, 0.3) is 11.1 Å². The van der Waals surface area contributed by atoms with E-state index in [4.69, 9.17) is 9.29 Å². The summed E-state index contributed by atoms with van der Waals surface area (Å²) >= 11 is 0. The maximum absolute atomic E-state index is 11.7. The molecule has 1 aliphatic rings. The van der Waals surface area contributed by atoms with E-state index in [-0.39, 0.29) is 0 Å². The Labute approximate surface area is 121 Å². The molecule has 1 aliphatic carbocycles. The largest absolute Gasteiger partial charge is 0.452 e. The van der Waals surface area contributed by atoms with Gasteiger partial charge in [0.05, 0.1) is 0 Å². The van der Waals surface area contributed by atoms with Crippen LogP contribution in [0.15, 0.2) is 48.5 Å². The minimum atomic E-state index is -4.39. The van der Waals surface area contributed by atoms with Crippen molar-refractivity contribution < 1.29 is 22.5 Å². The van der Waals surface area contributed by atoms with E-state index in [1.807, 2.05) is 48.5 Å². The highest BCUT2D eigenvalue weighted by Gasteiger charge is 2.31. The molecule has 1 N–H and O–H groups in total. The molecule has 0 unspecified atom stereocenters. The number of esters is 1. The molecule has 0 heterocycles. The van der Waals surface area contributed by atoms with Gasteiger partial charge >= 0.3 is 5.97 Å². The average Bonchev–Trinajstić information content (AvgIpc) is 2.72. The summed E-state index contributed by atoms with van der Waals surface area (Å²) in [5.74, 6) is -2.03. The molecule has 0 aliphatic heterocycles. The van der Waals surface area contributed by atoms with Crippen molar-refractivity contribution >= 4 is 16.1 Å². The van der Waals surface area contributed by atoms with Gasteiger partial charge in [-0.3, -0.25) is 9.35 Å². The molecule has 0 atom stereocenters. The van der Waals surface area contributed by atoms with Crippen LogP contribution in [0.2, 0.25) is 0 Å². The lowest BCUT2D eigenvalue weighted by molar-refractivity contribution is -0.144. The first-order chi connectivity index (χ1) is 9.96. The Kier molecular flexibility index (Phi) is 3.27. The van der Waals surface area contributed by atoms with Crippen molar-refractivity contribution in [2.75, 3.05) is 5.75 Å². The van der Waals surface area contributed by atoms with Crippen LogP contribution in [0.4, 0.5) is 0 Å². The van der Waals surface area contributed by atoms with Gasteiger partial charge in [-0.1, -0.05) is 48.5 Å². The quantitative estimate of drug-likeness (QED) is 0.694. The molecule has 0 bridgehead atoms. The van der Waals surface area contributed by atoms with Crippen molar-refractivity contribution in [3.8, 4) is 11.1 Å². The first-order valence-corrected chi connectivity index (χ1v) is 7.89. The van der Waals surface area contributed by atoms with Crippen LogP contribution in [-0.4, -0.2) is 24.7 Å². The van der Waals surface area contributed by atoms with E-state index in [1.54, 1.807) is 0 Å². The molecule has 0 aromatic heterocycles. The molecule has 5 nitrogen and oxygen atoms in total. The molecule has 2 aromatic carbocycles. The normalized spacial score (nSPS) is 13.6. The van der Waals surface area contributed by atoms with Crippen LogP contribution < -0.4 is 0 Å². The van der Waals surface area contributed by atoms with Crippen LogP contribution in [0.3, 0.4) is 0 Å². The zero-order valence-electron chi connectivity index (χ0n) is 10.9. The van der Waals surface area contributed by atoms with Crippen LogP contribution >= 0.6 is 0 Å². The molecule has 3 rings (SSSR count). The molecular formula is C15H12O5S. The van der Waals surface area contributed by atoms with Crippen LogP contribution in [0.1, 0.15) is 17.2 Å². The summed E-state index contributed by atoms with van der Waals surface area (Å²) in [6.45, 7) is 0. The van der Waals surface area contributed by atoms with Crippen molar-refractivity contribution in [3.05, 3.63) is 59.7 Å². The second-order valence-corrected chi connectivity index (χ2v) is 6.22. The van der Waals surface area contributed by atoms with Gasteiger partial charge in [0.1, 0.15) is 0 Å². The highest BCUT2D eigenvalue weighted by molar-refractivity contribution is 7.86. The van der Waals surface area contributed by atoms with E-state index in [0.29, 0.717) is 0 Å². The van der Waals surface area contributed by atoms with Gasteiger partial charge in [-0.25, -0.2) is 0 Å². The maximum atomic E-state index is 11.7. The molecule has 21 heavy (non-hydrogen) atoms. The lowest BCUT2D eigenvalue weighted by atomic mass is 10.1. The number of carbonyl (C=O) groups is 1. The van der Waals surface area contributed by atoms with E-state index >= 15 is 0 Å². The van der Waals surface area contributed by atoms with Crippen LogP contribution in [0, 0.1) is 0 Å². The van der Waals surface area contributed by atoms with E-state index in [2.05, 4.69) is 0 Å². The summed E-state index contributed by atoms with van der Waals surface area (Å²) < 4.78 is 35.5. The molecule has 0 saturated carbocycles. The summed E-state index contributed by atoms with van der Waals surface area (Å²) in [6, 6.07) is 14.9. The molecule has 6 heteroatoms. The van der Waals surface area contributed by atoms with Gasteiger partial charge < -0.3 is 4.74 Å². The minimum absolute atomic E-state index is 0.647. The lowest BCUT2D eigenvalue weighted by Crippen LogP contribution is -2.20. The van der Waals surface area contributed by atoms with Gasteiger partial charge in [-0.05, 0) is 11.1 Å². The zero-order valence-corrected chi connectivity index (χ0v) is 11.7. The van der Waals surface area contributed by atoms with Crippen molar-refractivity contribution in [3.63, 3.8) is 0 Å². The molecular weight excluding hydrogens is 292 g/mol.